The molecule has 2 aromatic rings. The first-order chi connectivity index (χ1) is 8.36. The van der Waals surface area contributed by atoms with Crippen molar-refractivity contribution in [3.8, 4) is 5.88 Å². The van der Waals surface area contributed by atoms with E-state index in [1.165, 1.54) is 0 Å². The Morgan fingerprint density at radius 1 is 1.35 bits per heavy atom. The third-order valence-electron chi connectivity index (χ3n) is 2.82. The van der Waals surface area contributed by atoms with Gasteiger partial charge in [0.05, 0.1) is 18.7 Å². The van der Waals surface area contributed by atoms with E-state index in [0.717, 1.165) is 16.5 Å². The first kappa shape index (κ1) is 10.8. The molecule has 0 atom stereocenters. The van der Waals surface area contributed by atoms with Crippen molar-refractivity contribution in [2.45, 2.75) is 12.0 Å². The van der Waals surface area contributed by atoms with Gasteiger partial charge in [0.15, 0.2) is 0 Å². The summed E-state index contributed by atoms with van der Waals surface area (Å²) in [6.07, 6.45) is 0.131. The van der Waals surface area contributed by atoms with Crippen LogP contribution in [-0.4, -0.2) is 24.3 Å². The molecule has 3 nitrogen and oxygen atoms in total. The smallest absolute Gasteiger partial charge is 0.214 e. The third kappa shape index (κ3) is 2.08. The van der Waals surface area contributed by atoms with Crippen molar-refractivity contribution in [2.75, 3.05) is 13.2 Å². The number of ether oxygens (including phenoxy) is 2. The summed E-state index contributed by atoms with van der Waals surface area (Å²) in [4.78, 5) is 4.47. The minimum atomic E-state index is 0.131. The molecule has 1 aromatic carbocycles. The lowest BCUT2D eigenvalue weighted by molar-refractivity contribution is -0.0812. The summed E-state index contributed by atoms with van der Waals surface area (Å²) in [6.45, 7) is 1.29. The van der Waals surface area contributed by atoms with Crippen molar-refractivity contribution in [1.82, 2.24) is 4.98 Å². The molecule has 1 saturated heterocycles. The van der Waals surface area contributed by atoms with Crippen LogP contribution in [0.1, 0.15) is 5.56 Å². The van der Waals surface area contributed by atoms with Gasteiger partial charge < -0.3 is 9.47 Å². The number of fused-ring (bicyclic) bond motifs is 1. The number of aromatic nitrogens is 1. The number of alkyl halides is 1. The SMILES string of the molecule is ClCc1cc(OC2COC2)nc2ccccc12. The van der Waals surface area contributed by atoms with Gasteiger partial charge in [-0.05, 0) is 11.6 Å². The Morgan fingerprint density at radius 2 is 2.18 bits per heavy atom. The Balaban J connectivity index is 2.01. The van der Waals surface area contributed by atoms with Gasteiger partial charge in [0.25, 0.3) is 0 Å². The molecule has 0 amide bonds. The molecule has 1 aliphatic heterocycles. The highest BCUT2D eigenvalue weighted by molar-refractivity contribution is 6.18. The Hall–Kier alpha value is -1.32. The molecule has 0 bridgehead atoms. The Morgan fingerprint density at radius 3 is 2.88 bits per heavy atom. The maximum Gasteiger partial charge on any atom is 0.214 e. The van der Waals surface area contributed by atoms with Crippen LogP contribution < -0.4 is 4.74 Å². The predicted molar refractivity (Wildman–Crippen MR) is 66.5 cm³/mol. The number of nitrogens with zero attached hydrogens (tertiary/aromatic N) is 1. The van der Waals surface area contributed by atoms with Crippen molar-refractivity contribution in [2.24, 2.45) is 0 Å². The third-order valence-corrected chi connectivity index (χ3v) is 3.11. The normalized spacial score (nSPS) is 15.8. The summed E-state index contributed by atoms with van der Waals surface area (Å²) in [5.41, 5.74) is 1.97. The Labute approximate surface area is 104 Å². The molecule has 88 valence electrons. The van der Waals surface area contributed by atoms with Crippen molar-refractivity contribution < 1.29 is 9.47 Å². The molecule has 3 rings (SSSR count). The van der Waals surface area contributed by atoms with Crippen LogP contribution in [0.3, 0.4) is 0 Å². The van der Waals surface area contributed by atoms with Crippen molar-refractivity contribution in [3.63, 3.8) is 0 Å². The summed E-state index contributed by atoms with van der Waals surface area (Å²) in [5, 5.41) is 1.08. The van der Waals surface area contributed by atoms with Gasteiger partial charge in [-0.15, -0.1) is 11.6 Å². The zero-order valence-electron chi connectivity index (χ0n) is 9.23. The van der Waals surface area contributed by atoms with Gasteiger partial charge in [0.2, 0.25) is 5.88 Å². The molecule has 1 aromatic heterocycles. The highest BCUT2D eigenvalue weighted by atomic mass is 35.5. The van der Waals surface area contributed by atoms with Crippen LogP contribution in [0.25, 0.3) is 10.9 Å². The quantitative estimate of drug-likeness (QED) is 0.784. The fraction of sp³-hybridized carbons (Fsp3) is 0.308. The highest BCUT2D eigenvalue weighted by Gasteiger charge is 2.21. The van der Waals surface area contributed by atoms with Crippen LogP contribution in [0.5, 0.6) is 5.88 Å². The van der Waals surface area contributed by atoms with Gasteiger partial charge in [0, 0.05) is 17.3 Å². The maximum absolute atomic E-state index is 5.95. The number of rotatable bonds is 3. The molecule has 0 saturated carbocycles. The van der Waals surface area contributed by atoms with Gasteiger partial charge in [-0.2, -0.15) is 0 Å². The zero-order valence-corrected chi connectivity index (χ0v) is 9.98. The monoisotopic (exact) mass is 249 g/mol. The minimum absolute atomic E-state index is 0.131. The maximum atomic E-state index is 5.95. The van der Waals surface area contributed by atoms with E-state index in [0.29, 0.717) is 25.0 Å². The fourth-order valence-electron chi connectivity index (χ4n) is 1.84. The van der Waals surface area contributed by atoms with Gasteiger partial charge >= 0.3 is 0 Å². The molecule has 1 aliphatic rings. The number of halogens is 1. The van der Waals surface area contributed by atoms with E-state index >= 15 is 0 Å². The topological polar surface area (TPSA) is 31.4 Å². The molecule has 0 N–H and O–H groups in total. The summed E-state index contributed by atoms with van der Waals surface area (Å²) in [7, 11) is 0. The zero-order chi connectivity index (χ0) is 11.7. The number of hydrogen-bond donors (Lipinski definition) is 0. The highest BCUT2D eigenvalue weighted by Crippen LogP contribution is 2.24. The van der Waals surface area contributed by atoms with E-state index in [1.54, 1.807) is 0 Å². The summed E-state index contributed by atoms with van der Waals surface area (Å²) in [6, 6.07) is 9.85. The van der Waals surface area contributed by atoms with Crippen molar-refractivity contribution in [1.29, 1.82) is 0 Å². The van der Waals surface area contributed by atoms with E-state index in [1.807, 2.05) is 30.3 Å². The minimum Gasteiger partial charge on any atom is -0.469 e. The number of hydrogen-bond acceptors (Lipinski definition) is 3. The van der Waals surface area contributed by atoms with Gasteiger partial charge in [-0.25, -0.2) is 4.98 Å². The lowest BCUT2D eigenvalue weighted by Gasteiger charge is -2.26. The van der Waals surface area contributed by atoms with E-state index in [9.17, 15) is 0 Å². The average molecular weight is 250 g/mol. The second-order valence-corrected chi connectivity index (χ2v) is 4.31. The van der Waals surface area contributed by atoms with Gasteiger partial charge in [-0.1, -0.05) is 18.2 Å². The van der Waals surface area contributed by atoms with Crippen LogP contribution >= 0.6 is 11.6 Å². The number of para-hydroxylation sites is 1. The standard InChI is InChI=1S/C13H12ClNO2/c14-6-9-5-13(17-10-7-16-8-10)15-12-4-2-1-3-11(9)12/h1-5,10H,6-8H2. The average Bonchev–Trinajstić information content (AvgIpc) is 2.33. The van der Waals surface area contributed by atoms with Crippen LogP contribution in [0, 0.1) is 0 Å². The van der Waals surface area contributed by atoms with E-state index in [4.69, 9.17) is 21.1 Å². The van der Waals surface area contributed by atoms with Crippen molar-refractivity contribution >= 4 is 22.5 Å². The number of pyridine rings is 1. The predicted octanol–water partition coefficient (Wildman–Crippen LogP) is 2.75. The second-order valence-electron chi connectivity index (χ2n) is 4.05. The lowest BCUT2D eigenvalue weighted by atomic mass is 10.1. The summed E-state index contributed by atoms with van der Waals surface area (Å²) >= 11 is 5.95. The lowest BCUT2D eigenvalue weighted by Crippen LogP contribution is -2.38. The first-order valence-corrected chi connectivity index (χ1v) is 6.09. The van der Waals surface area contributed by atoms with Gasteiger partial charge in [0.1, 0.15) is 6.10 Å². The first-order valence-electron chi connectivity index (χ1n) is 5.56. The molecule has 0 aliphatic carbocycles. The van der Waals surface area contributed by atoms with E-state index in [-0.39, 0.29) is 6.10 Å². The summed E-state index contributed by atoms with van der Waals surface area (Å²) < 4.78 is 10.8. The summed E-state index contributed by atoms with van der Waals surface area (Å²) in [5.74, 6) is 1.09. The molecule has 0 unspecified atom stereocenters. The van der Waals surface area contributed by atoms with Crippen LogP contribution in [-0.2, 0) is 10.6 Å². The largest absolute Gasteiger partial charge is 0.469 e. The molecule has 17 heavy (non-hydrogen) atoms. The molecule has 2 heterocycles. The molecular formula is C13H12ClNO2. The van der Waals surface area contributed by atoms with Crippen LogP contribution in [0.4, 0.5) is 0 Å². The second kappa shape index (κ2) is 4.51. The molecule has 4 heteroatoms. The van der Waals surface area contributed by atoms with Crippen LogP contribution in [0.2, 0.25) is 0 Å². The molecule has 0 radical (unpaired) electrons. The van der Waals surface area contributed by atoms with Crippen LogP contribution in [0.15, 0.2) is 30.3 Å². The fourth-order valence-corrected chi connectivity index (χ4v) is 2.07. The molecule has 1 fully saturated rings. The van der Waals surface area contributed by atoms with Crippen molar-refractivity contribution in [3.05, 3.63) is 35.9 Å². The Kier molecular flexibility index (Phi) is 2.87. The molecule has 0 spiro atoms. The van der Waals surface area contributed by atoms with E-state index in [2.05, 4.69) is 4.98 Å². The van der Waals surface area contributed by atoms with E-state index < -0.39 is 0 Å². The molecular weight excluding hydrogens is 238 g/mol. The number of benzene rings is 1. The van der Waals surface area contributed by atoms with Gasteiger partial charge in [-0.3, -0.25) is 0 Å². The Bertz CT molecular complexity index is 540.